The fourth-order valence-electron chi connectivity index (χ4n) is 2.20. The maximum atomic E-state index is 12.4. The number of carbonyl (C=O) groups excluding carboxylic acids is 2. The van der Waals surface area contributed by atoms with Gasteiger partial charge in [0, 0.05) is 18.2 Å². The van der Waals surface area contributed by atoms with Gasteiger partial charge >= 0.3 is 18.3 Å². The fraction of sp³-hybridized carbons (Fsp3) is 0.545. The highest BCUT2D eigenvalue weighted by molar-refractivity contribution is 8.00. The maximum absolute atomic E-state index is 12.4. The van der Waals surface area contributed by atoms with Crippen LogP contribution >= 0.6 is 11.8 Å². The first-order valence-electron chi connectivity index (χ1n) is 6.07. The molecule has 1 unspecified atom stereocenters. The second-order valence-electron chi connectivity index (χ2n) is 4.72. The summed E-state index contributed by atoms with van der Waals surface area (Å²) in [7, 11) is 0. The van der Waals surface area contributed by atoms with E-state index in [1.807, 2.05) is 0 Å². The van der Waals surface area contributed by atoms with Crippen LogP contribution in [0.3, 0.4) is 0 Å². The van der Waals surface area contributed by atoms with Crippen molar-refractivity contribution in [2.45, 2.75) is 24.4 Å². The molecule has 1 fully saturated rings. The van der Waals surface area contributed by atoms with Gasteiger partial charge in [0.2, 0.25) is 5.72 Å². The van der Waals surface area contributed by atoms with Crippen LogP contribution in [0.1, 0.15) is 6.92 Å². The molecule has 1 saturated heterocycles. The minimum Gasteiger partial charge on any atom is -0.477 e. The van der Waals surface area contributed by atoms with E-state index in [0.29, 0.717) is 4.90 Å². The Hall–Kier alpha value is -1.79. The first kappa shape index (κ1) is 17.6. The lowest BCUT2D eigenvalue weighted by Crippen LogP contribution is -2.80. The van der Waals surface area contributed by atoms with Gasteiger partial charge in [0.25, 0.3) is 5.91 Å². The van der Waals surface area contributed by atoms with E-state index in [1.54, 1.807) is 0 Å². The van der Waals surface area contributed by atoms with Crippen molar-refractivity contribution in [1.82, 2.24) is 4.90 Å². The Bertz CT molecular complexity index is 607. The molecule has 3 N–H and O–H groups in total. The Morgan fingerprint density at radius 3 is 2.61 bits per heavy atom. The predicted molar refractivity (Wildman–Crippen MR) is 68.4 cm³/mol. The van der Waals surface area contributed by atoms with Crippen molar-refractivity contribution >= 4 is 29.6 Å². The van der Waals surface area contributed by atoms with Crippen LogP contribution in [-0.2, 0) is 23.9 Å². The van der Waals surface area contributed by atoms with Gasteiger partial charge < -0.3 is 9.84 Å². The Morgan fingerprint density at radius 1 is 1.52 bits per heavy atom. The summed E-state index contributed by atoms with van der Waals surface area (Å²) in [4.78, 5) is 34.7. The minimum absolute atomic E-state index is 0.0798. The van der Waals surface area contributed by atoms with Crippen molar-refractivity contribution in [3.05, 3.63) is 11.3 Å². The third kappa shape index (κ3) is 3.14. The average Bonchev–Trinajstić information content (AvgIpc) is 2.41. The quantitative estimate of drug-likeness (QED) is 0.410. The predicted octanol–water partition coefficient (Wildman–Crippen LogP) is -0.00530. The normalized spacial score (nSPS) is 27.4. The fourth-order valence-corrected chi connectivity index (χ4v) is 3.53. The third-order valence-electron chi connectivity index (χ3n) is 3.08. The average molecular weight is 356 g/mol. The monoisotopic (exact) mass is 356 g/mol. The molecule has 23 heavy (non-hydrogen) atoms. The van der Waals surface area contributed by atoms with Gasteiger partial charge in [-0.1, -0.05) is 0 Å². The van der Waals surface area contributed by atoms with E-state index < -0.39 is 47.6 Å². The largest absolute Gasteiger partial charge is 0.524 e. The van der Waals surface area contributed by atoms with E-state index in [2.05, 4.69) is 9.47 Å². The van der Waals surface area contributed by atoms with Crippen molar-refractivity contribution in [2.75, 3.05) is 12.4 Å². The van der Waals surface area contributed by atoms with Crippen LogP contribution in [0, 0.1) is 0 Å². The van der Waals surface area contributed by atoms with Gasteiger partial charge in [-0.15, -0.1) is 24.9 Å². The van der Waals surface area contributed by atoms with Gasteiger partial charge in [0.15, 0.2) is 0 Å². The molecule has 0 radical (unpaired) electrons. The van der Waals surface area contributed by atoms with E-state index in [-0.39, 0.29) is 11.3 Å². The number of aliphatic carboxylic acids is 1. The number of amides is 1. The molecule has 0 aliphatic carbocycles. The lowest BCUT2D eigenvalue weighted by molar-refractivity contribution is -0.371. The molecule has 12 heteroatoms. The van der Waals surface area contributed by atoms with Crippen LogP contribution in [0.2, 0.25) is 0 Å². The molecule has 128 valence electrons. The molecule has 0 aromatic carbocycles. The Kier molecular flexibility index (Phi) is 4.34. The summed E-state index contributed by atoms with van der Waals surface area (Å²) >= 11 is 0.788. The van der Waals surface area contributed by atoms with Crippen molar-refractivity contribution in [3.63, 3.8) is 0 Å². The van der Waals surface area contributed by atoms with E-state index >= 15 is 0 Å². The summed E-state index contributed by atoms with van der Waals surface area (Å²) in [6, 6.07) is 0. The number of hydrogen-bond acceptors (Lipinski definition) is 7. The van der Waals surface area contributed by atoms with Crippen LogP contribution in [-0.4, -0.2) is 57.7 Å². The SMILES string of the molecule is CC(=O)OCC1=C(C(=O)O)N2C(=O)C(N)(OC(F)(F)F)[C@H]2SC1. The number of carbonyl (C=O) groups is 3. The van der Waals surface area contributed by atoms with Crippen LogP contribution in [0.25, 0.3) is 0 Å². The third-order valence-corrected chi connectivity index (χ3v) is 4.47. The highest BCUT2D eigenvalue weighted by atomic mass is 32.2. The highest BCUT2D eigenvalue weighted by Crippen LogP contribution is 2.47. The van der Waals surface area contributed by atoms with Crippen molar-refractivity contribution < 1.29 is 42.1 Å². The number of β-lactam (4-membered cyclic amide) rings is 1. The summed E-state index contributed by atoms with van der Waals surface area (Å²) in [5.74, 6) is -3.62. The first-order valence-corrected chi connectivity index (χ1v) is 7.12. The van der Waals surface area contributed by atoms with Gasteiger partial charge in [0.1, 0.15) is 17.7 Å². The summed E-state index contributed by atoms with van der Waals surface area (Å²) in [6.07, 6.45) is -5.15. The smallest absolute Gasteiger partial charge is 0.477 e. The Labute approximate surface area is 131 Å². The zero-order chi connectivity index (χ0) is 17.6. The molecule has 2 aliphatic heterocycles. The lowest BCUT2D eigenvalue weighted by Gasteiger charge is -2.54. The number of carboxylic acids is 1. The Balaban J connectivity index is 2.30. The minimum atomic E-state index is -5.15. The molecule has 8 nitrogen and oxygen atoms in total. The number of hydrogen-bond donors (Lipinski definition) is 2. The number of nitrogens with two attached hydrogens (primary N) is 1. The summed E-state index contributed by atoms with van der Waals surface area (Å²) in [5, 5.41) is 7.87. The van der Waals surface area contributed by atoms with E-state index in [4.69, 9.17) is 5.73 Å². The van der Waals surface area contributed by atoms with Crippen molar-refractivity contribution in [3.8, 4) is 0 Å². The molecule has 0 saturated carbocycles. The summed E-state index contributed by atoms with van der Waals surface area (Å²) < 4.78 is 45.5. The van der Waals surface area contributed by atoms with Crippen LogP contribution in [0.15, 0.2) is 11.3 Å². The van der Waals surface area contributed by atoms with Crippen LogP contribution in [0.5, 0.6) is 0 Å². The number of fused-ring (bicyclic) bond motifs is 1. The maximum Gasteiger partial charge on any atom is 0.524 e. The summed E-state index contributed by atoms with van der Waals surface area (Å²) in [5.41, 5.74) is 2.21. The molecular weight excluding hydrogens is 345 g/mol. The van der Waals surface area contributed by atoms with Gasteiger partial charge in [0.05, 0.1) is 0 Å². The molecular formula is C11H11F3N2O6S. The molecule has 0 aromatic rings. The number of esters is 1. The molecule has 0 spiro atoms. The molecule has 2 aliphatic rings. The number of alkyl halides is 3. The second-order valence-corrected chi connectivity index (χ2v) is 5.79. The zero-order valence-corrected chi connectivity index (χ0v) is 12.4. The van der Waals surface area contributed by atoms with Crippen LogP contribution < -0.4 is 5.73 Å². The summed E-state index contributed by atoms with van der Waals surface area (Å²) in [6.45, 7) is 0.717. The van der Waals surface area contributed by atoms with Crippen molar-refractivity contribution in [1.29, 1.82) is 0 Å². The second kappa shape index (κ2) is 5.69. The standard InChI is InChI=1S/C11H11F3N2O6S/c1-4(17)21-2-5-3-23-9-10(15,22-11(12,13)14)8(20)16(9)6(5)7(18)19/h9H,2-3,15H2,1H3,(H,18,19)/t9-,10?/m1/s1. The molecule has 0 bridgehead atoms. The Morgan fingerprint density at radius 2 is 2.13 bits per heavy atom. The molecule has 2 atom stereocenters. The van der Waals surface area contributed by atoms with E-state index in [9.17, 15) is 32.7 Å². The molecule has 0 aromatic heterocycles. The van der Waals surface area contributed by atoms with E-state index in [1.165, 1.54) is 0 Å². The van der Waals surface area contributed by atoms with Gasteiger partial charge in [-0.25, -0.2) is 4.79 Å². The lowest BCUT2D eigenvalue weighted by atomic mass is 9.99. The van der Waals surface area contributed by atoms with Gasteiger partial charge in [-0.3, -0.25) is 25.0 Å². The number of ether oxygens (including phenoxy) is 2. The number of halogens is 3. The molecule has 2 heterocycles. The number of carboxylic acid groups (broad SMARTS) is 1. The van der Waals surface area contributed by atoms with Crippen LogP contribution in [0.4, 0.5) is 13.2 Å². The molecule has 2 rings (SSSR count). The highest BCUT2D eigenvalue weighted by Gasteiger charge is 2.67. The first-order chi connectivity index (χ1) is 10.5. The van der Waals surface area contributed by atoms with Crippen molar-refractivity contribution in [2.24, 2.45) is 5.73 Å². The topological polar surface area (TPSA) is 119 Å². The van der Waals surface area contributed by atoms with Gasteiger partial charge in [-0.2, -0.15) is 0 Å². The number of rotatable bonds is 4. The zero-order valence-electron chi connectivity index (χ0n) is 11.5. The van der Waals surface area contributed by atoms with Gasteiger partial charge in [-0.05, 0) is 0 Å². The molecule has 1 amide bonds. The number of thioether (sulfide) groups is 1. The van der Waals surface area contributed by atoms with E-state index in [0.717, 1.165) is 18.7 Å². The number of nitrogens with zero attached hydrogens (tertiary/aromatic N) is 1.